The van der Waals surface area contributed by atoms with E-state index in [-0.39, 0.29) is 16.1 Å². The molecule has 19 heavy (non-hydrogen) atoms. The number of halogens is 1. The molecule has 2 N–H and O–H groups in total. The van der Waals surface area contributed by atoms with Crippen LogP contribution in [-0.4, -0.2) is 25.8 Å². The maximum absolute atomic E-state index is 13.2. The van der Waals surface area contributed by atoms with Gasteiger partial charge in [0.1, 0.15) is 18.9 Å². The van der Waals surface area contributed by atoms with Gasteiger partial charge < -0.3 is 5.73 Å². The Bertz CT molecular complexity index is 657. The van der Waals surface area contributed by atoms with E-state index in [4.69, 9.17) is 16.3 Å². The molecule has 6 nitrogen and oxygen atoms in total. The van der Waals surface area contributed by atoms with Gasteiger partial charge in [-0.05, 0) is 24.6 Å². The van der Waals surface area contributed by atoms with Crippen LogP contribution in [-0.2, 0) is 10.0 Å². The third-order valence-corrected chi connectivity index (χ3v) is 4.34. The number of nitrogens with two attached hydrogens (primary N) is 1. The Morgan fingerprint density at radius 2 is 1.84 bits per heavy atom. The molecule has 0 aliphatic carbocycles. The van der Waals surface area contributed by atoms with Crippen molar-refractivity contribution in [2.24, 2.45) is 0 Å². The molecule has 1 aromatic carbocycles. The van der Waals surface area contributed by atoms with E-state index in [2.05, 4.69) is 0 Å². The molecule has 0 fully saturated rings. The number of nitriles is 2. The molecule has 0 saturated carbocycles. The number of nitrogen functional groups attached to an aromatic ring is 1. The lowest BCUT2D eigenvalue weighted by Crippen LogP contribution is -2.32. The van der Waals surface area contributed by atoms with E-state index in [9.17, 15) is 12.8 Å². The SMILES string of the molecule is Cc1cc(F)c(N)cc1S(=O)(=O)N(CC#N)CC#N. The smallest absolute Gasteiger partial charge is 0.245 e. The largest absolute Gasteiger partial charge is 0.396 e. The van der Waals surface area contributed by atoms with Gasteiger partial charge in [-0.1, -0.05) is 0 Å². The van der Waals surface area contributed by atoms with Crippen LogP contribution in [0.2, 0.25) is 0 Å². The lowest BCUT2D eigenvalue weighted by atomic mass is 10.2. The van der Waals surface area contributed by atoms with Gasteiger partial charge in [0.15, 0.2) is 0 Å². The van der Waals surface area contributed by atoms with Gasteiger partial charge in [-0.15, -0.1) is 0 Å². The first-order valence-corrected chi connectivity index (χ1v) is 6.58. The molecule has 0 radical (unpaired) electrons. The maximum Gasteiger partial charge on any atom is 0.245 e. The van der Waals surface area contributed by atoms with Crippen molar-refractivity contribution in [3.8, 4) is 12.1 Å². The second kappa shape index (κ2) is 5.65. The van der Waals surface area contributed by atoms with Crippen molar-refractivity contribution >= 4 is 15.7 Å². The van der Waals surface area contributed by atoms with Crippen molar-refractivity contribution in [1.29, 1.82) is 10.5 Å². The molecule has 0 aliphatic rings. The predicted molar refractivity (Wildman–Crippen MR) is 65.5 cm³/mol. The van der Waals surface area contributed by atoms with Gasteiger partial charge >= 0.3 is 0 Å². The van der Waals surface area contributed by atoms with E-state index in [1.165, 1.54) is 6.92 Å². The highest BCUT2D eigenvalue weighted by Crippen LogP contribution is 2.24. The van der Waals surface area contributed by atoms with E-state index in [0.29, 0.717) is 4.31 Å². The molecule has 0 spiro atoms. The molecule has 1 rings (SSSR count). The van der Waals surface area contributed by atoms with Crippen molar-refractivity contribution in [2.75, 3.05) is 18.8 Å². The second-order valence-electron chi connectivity index (χ2n) is 3.73. The molecular weight excluding hydrogens is 271 g/mol. The Kier molecular flexibility index (Phi) is 4.43. The fourth-order valence-corrected chi connectivity index (χ4v) is 2.94. The highest BCUT2D eigenvalue weighted by Gasteiger charge is 2.26. The zero-order valence-electron chi connectivity index (χ0n) is 10.1. The van der Waals surface area contributed by atoms with Crippen LogP contribution in [0.5, 0.6) is 0 Å². The average molecular weight is 282 g/mol. The number of hydrogen-bond donors (Lipinski definition) is 1. The third-order valence-electron chi connectivity index (χ3n) is 2.41. The summed E-state index contributed by atoms with van der Waals surface area (Å²) in [6.45, 7) is 0.478. The Morgan fingerprint density at radius 3 is 2.32 bits per heavy atom. The minimum Gasteiger partial charge on any atom is -0.396 e. The minimum absolute atomic E-state index is 0.160. The monoisotopic (exact) mass is 282 g/mol. The van der Waals surface area contributed by atoms with Crippen LogP contribution >= 0.6 is 0 Å². The minimum atomic E-state index is -4.05. The summed E-state index contributed by atoms with van der Waals surface area (Å²) in [5.41, 5.74) is 5.20. The number of aryl methyl sites for hydroxylation is 1. The van der Waals surface area contributed by atoms with Crippen molar-refractivity contribution < 1.29 is 12.8 Å². The standard InChI is InChI=1S/C11H11FN4O2S/c1-8-6-9(12)10(15)7-11(8)19(17,18)16(4-2-13)5-3-14/h6-7H,4-5,15H2,1H3. The van der Waals surface area contributed by atoms with Crippen LogP contribution < -0.4 is 5.73 Å². The number of sulfonamides is 1. The Balaban J connectivity index is 3.38. The van der Waals surface area contributed by atoms with E-state index in [1.54, 1.807) is 12.1 Å². The van der Waals surface area contributed by atoms with E-state index in [1.807, 2.05) is 0 Å². The summed E-state index contributed by atoms with van der Waals surface area (Å²) in [4.78, 5) is -0.211. The van der Waals surface area contributed by atoms with Crippen LogP contribution in [0.15, 0.2) is 17.0 Å². The van der Waals surface area contributed by atoms with Crippen LogP contribution in [0, 0.1) is 35.4 Å². The number of rotatable bonds is 4. The molecule has 100 valence electrons. The summed E-state index contributed by atoms with van der Waals surface area (Å²) in [5.74, 6) is -0.719. The number of hydrogen-bond acceptors (Lipinski definition) is 5. The molecule has 1 aromatic rings. The van der Waals surface area contributed by atoms with Crippen molar-refractivity contribution in [3.63, 3.8) is 0 Å². The normalized spacial score (nSPS) is 11.0. The lowest BCUT2D eigenvalue weighted by Gasteiger charge is -2.17. The van der Waals surface area contributed by atoms with Crippen molar-refractivity contribution in [1.82, 2.24) is 4.31 Å². The van der Waals surface area contributed by atoms with Gasteiger partial charge in [-0.3, -0.25) is 0 Å². The number of benzene rings is 1. The van der Waals surface area contributed by atoms with Gasteiger partial charge in [0.05, 0.1) is 22.7 Å². The molecule has 0 unspecified atom stereocenters. The first-order chi connectivity index (χ1) is 8.84. The summed E-state index contributed by atoms with van der Waals surface area (Å²) >= 11 is 0. The highest BCUT2D eigenvalue weighted by molar-refractivity contribution is 7.89. The van der Waals surface area contributed by atoms with Crippen molar-refractivity contribution in [3.05, 3.63) is 23.5 Å². The van der Waals surface area contributed by atoms with E-state index < -0.39 is 28.9 Å². The molecule has 8 heteroatoms. The average Bonchev–Trinajstić information content (AvgIpc) is 2.33. The van der Waals surface area contributed by atoms with Gasteiger partial charge in [0, 0.05) is 0 Å². The molecule has 0 saturated heterocycles. The summed E-state index contributed by atoms with van der Waals surface area (Å²) in [5, 5.41) is 17.2. The molecule has 0 heterocycles. The van der Waals surface area contributed by atoms with Crippen LogP contribution in [0.3, 0.4) is 0 Å². The predicted octanol–water partition coefficient (Wildman–Crippen LogP) is 0.754. The Morgan fingerprint density at radius 1 is 1.32 bits per heavy atom. The lowest BCUT2D eigenvalue weighted by molar-refractivity contribution is 0.479. The first kappa shape index (κ1) is 14.9. The topological polar surface area (TPSA) is 111 Å². The first-order valence-electron chi connectivity index (χ1n) is 5.14. The molecular formula is C11H11FN4O2S. The van der Waals surface area contributed by atoms with Crippen LogP contribution in [0.4, 0.5) is 10.1 Å². The molecule has 0 aromatic heterocycles. The summed E-state index contributed by atoms with van der Waals surface area (Å²) in [7, 11) is -4.05. The zero-order valence-corrected chi connectivity index (χ0v) is 10.9. The third kappa shape index (κ3) is 2.99. The number of nitrogens with zero attached hydrogens (tertiary/aromatic N) is 3. The molecule has 0 atom stereocenters. The van der Waals surface area contributed by atoms with E-state index >= 15 is 0 Å². The zero-order chi connectivity index (χ0) is 14.6. The Hall–Kier alpha value is -2.16. The highest BCUT2D eigenvalue weighted by atomic mass is 32.2. The molecule has 0 aliphatic heterocycles. The maximum atomic E-state index is 13.2. The second-order valence-corrected chi connectivity index (χ2v) is 5.63. The number of anilines is 1. The van der Waals surface area contributed by atoms with Gasteiger partial charge in [0.25, 0.3) is 0 Å². The Labute approximate surface area is 110 Å². The van der Waals surface area contributed by atoms with Gasteiger partial charge in [-0.25, -0.2) is 12.8 Å². The van der Waals surface area contributed by atoms with Crippen molar-refractivity contribution in [2.45, 2.75) is 11.8 Å². The quantitative estimate of drug-likeness (QED) is 0.647. The van der Waals surface area contributed by atoms with Gasteiger partial charge in [-0.2, -0.15) is 14.8 Å². The van der Waals surface area contributed by atoms with Crippen LogP contribution in [0.1, 0.15) is 5.56 Å². The summed E-state index contributed by atoms with van der Waals surface area (Å²) in [6, 6.07) is 5.32. The van der Waals surface area contributed by atoms with Gasteiger partial charge in [0.2, 0.25) is 10.0 Å². The van der Waals surface area contributed by atoms with E-state index in [0.717, 1.165) is 12.1 Å². The fraction of sp³-hybridized carbons (Fsp3) is 0.273. The summed E-state index contributed by atoms with van der Waals surface area (Å²) in [6.07, 6.45) is 0. The molecule has 0 amide bonds. The van der Waals surface area contributed by atoms with Crippen LogP contribution in [0.25, 0.3) is 0 Å². The molecule has 0 bridgehead atoms. The summed E-state index contributed by atoms with van der Waals surface area (Å²) < 4.78 is 38.4. The fourth-order valence-electron chi connectivity index (χ4n) is 1.47.